The highest BCUT2D eigenvalue weighted by atomic mass is 16.4. The fraction of sp³-hybridized carbons (Fsp3) is 0.611. The van der Waals surface area contributed by atoms with Crippen molar-refractivity contribution in [1.82, 2.24) is 31.5 Å². The van der Waals surface area contributed by atoms with Gasteiger partial charge in [-0.15, -0.1) is 0 Å². The minimum atomic E-state index is -1.70. The first-order chi connectivity index (χ1) is 25.6. The number of carboxylic acid groups (broad SMARTS) is 1. The van der Waals surface area contributed by atoms with Crippen LogP contribution in [0.4, 0.5) is 0 Å². The Labute approximate surface area is 319 Å². The van der Waals surface area contributed by atoms with Gasteiger partial charge in [-0.1, -0.05) is 39.8 Å². The Morgan fingerprint density at radius 2 is 1.38 bits per heavy atom. The van der Waals surface area contributed by atoms with Crippen LogP contribution in [0.25, 0.3) is 0 Å². The standard InChI is InChI=1S/C36H56N8O11/c1-17(2)14-24(31(49)42-28(18(3)4)36(54)55)40-30(48)19(5)39-34(52)29(20(6)45)43-32(50)25(16-27(38)47)41-33(51)26-8-7-13-44(26)35(53)23(37)15-21-9-11-22(46)12-10-21/h9-12,17-20,23-26,28-29,45-46H,7-8,13-16,37H2,1-6H3,(H2,38,47)(H,39,52)(H,40,48)(H,41,51)(H,42,49)(H,43,50)(H,54,55)/t19-,20+,23-,24-,25-,26-,28-,29-/m0/s1. The third-order valence-corrected chi connectivity index (χ3v) is 8.97. The number of carbonyl (C=O) groups excluding carboxylic acids is 7. The summed E-state index contributed by atoms with van der Waals surface area (Å²) in [5.74, 6) is -7.70. The van der Waals surface area contributed by atoms with Gasteiger partial charge in [0.15, 0.2) is 0 Å². The summed E-state index contributed by atoms with van der Waals surface area (Å²) in [6, 6.07) is -2.96. The summed E-state index contributed by atoms with van der Waals surface area (Å²) in [6.45, 7) is 9.47. The molecule has 0 saturated carbocycles. The number of likely N-dealkylation sites (tertiary alicyclic amines) is 1. The van der Waals surface area contributed by atoms with Gasteiger partial charge in [0.2, 0.25) is 41.4 Å². The van der Waals surface area contributed by atoms with Crippen LogP contribution in [0.5, 0.6) is 5.75 Å². The van der Waals surface area contributed by atoms with E-state index >= 15 is 0 Å². The number of aliphatic hydroxyl groups is 1. The predicted molar refractivity (Wildman–Crippen MR) is 197 cm³/mol. The number of rotatable bonds is 20. The van der Waals surface area contributed by atoms with E-state index in [-0.39, 0.29) is 37.5 Å². The Bertz CT molecular complexity index is 1550. The molecule has 1 aromatic rings. The van der Waals surface area contributed by atoms with Crippen LogP contribution in [0.1, 0.15) is 72.8 Å². The summed E-state index contributed by atoms with van der Waals surface area (Å²) in [7, 11) is 0. The summed E-state index contributed by atoms with van der Waals surface area (Å²) in [5.41, 5.74) is 12.2. The van der Waals surface area contributed by atoms with Gasteiger partial charge < -0.3 is 58.3 Å². The zero-order valence-corrected chi connectivity index (χ0v) is 32.0. The van der Waals surface area contributed by atoms with Crippen molar-refractivity contribution in [2.24, 2.45) is 23.3 Å². The molecule has 8 atom stereocenters. The number of nitrogens with two attached hydrogens (primary N) is 2. The molecule has 55 heavy (non-hydrogen) atoms. The Morgan fingerprint density at radius 1 is 0.800 bits per heavy atom. The summed E-state index contributed by atoms with van der Waals surface area (Å²) in [6.07, 6.45) is -1.32. The molecule has 0 aromatic heterocycles. The summed E-state index contributed by atoms with van der Waals surface area (Å²) >= 11 is 0. The molecule has 19 nitrogen and oxygen atoms in total. The average Bonchev–Trinajstić information content (AvgIpc) is 3.58. The van der Waals surface area contributed by atoms with Crippen molar-refractivity contribution >= 4 is 47.3 Å². The van der Waals surface area contributed by atoms with E-state index in [9.17, 15) is 53.7 Å². The Kier molecular flexibility index (Phi) is 17.5. The summed E-state index contributed by atoms with van der Waals surface area (Å²) in [4.78, 5) is 104. The zero-order chi connectivity index (χ0) is 41.7. The topological polar surface area (TPSA) is 313 Å². The molecule has 1 fully saturated rings. The van der Waals surface area contributed by atoms with Crippen LogP contribution in [0, 0.1) is 11.8 Å². The van der Waals surface area contributed by atoms with E-state index in [1.54, 1.807) is 39.8 Å². The van der Waals surface area contributed by atoms with Gasteiger partial charge >= 0.3 is 5.97 Å². The molecule has 1 aliphatic heterocycles. The van der Waals surface area contributed by atoms with Crippen LogP contribution < -0.4 is 38.1 Å². The number of nitrogens with zero attached hydrogens (tertiary/aromatic N) is 1. The van der Waals surface area contributed by atoms with E-state index in [1.807, 2.05) is 0 Å². The highest BCUT2D eigenvalue weighted by Crippen LogP contribution is 2.20. The minimum absolute atomic E-state index is 0.0434. The Hall–Kier alpha value is -5.30. The van der Waals surface area contributed by atoms with Gasteiger partial charge in [-0.05, 0) is 69.1 Å². The third kappa shape index (κ3) is 14.1. The number of phenols is 1. The summed E-state index contributed by atoms with van der Waals surface area (Å²) in [5, 5.41) is 41.4. The van der Waals surface area contributed by atoms with Gasteiger partial charge in [-0.2, -0.15) is 0 Å². The molecule has 0 radical (unpaired) electrons. The molecule has 1 saturated heterocycles. The molecule has 1 aliphatic rings. The second-order valence-electron chi connectivity index (χ2n) is 14.6. The molecule has 12 N–H and O–H groups in total. The van der Waals surface area contributed by atoms with Crippen LogP contribution in [-0.2, 0) is 44.8 Å². The van der Waals surface area contributed by atoms with Crippen molar-refractivity contribution in [2.75, 3.05) is 6.54 Å². The molecule has 0 aliphatic carbocycles. The van der Waals surface area contributed by atoms with E-state index in [0.29, 0.717) is 12.0 Å². The normalized spacial score (nSPS) is 17.9. The molecule has 1 heterocycles. The largest absolute Gasteiger partial charge is 0.508 e. The number of primary amides is 1. The van der Waals surface area contributed by atoms with Crippen molar-refractivity contribution in [3.63, 3.8) is 0 Å². The Morgan fingerprint density at radius 3 is 1.91 bits per heavy atom. The maximum absolute atomic E-state index is 13.4. The fourth-order valence-electron chi connectivity index (χ4n) is 5.96. The van der Waals surface area contributed by atoms with E-state index in [1.165, 1.54) is 30.9 Å². The predicted octanol–water partition coefficient (Wildman–Crippen LogP) is -2.26. The van der Waals surface area contributed by atoms with Gasteiger partial charge in [0, 0.05) is 6.54 Å². The number of benzene rings is 1. The monoisotopic (exact) mass is 776 g/mol. The number of aliphatic carboxylic acids is 1. The number of hydrogen-bond acceptors (Lipinski definition) is 11. The quantitative estimate of drug-likeness (QED) is 0.0671. The molecule has 1 aromatic carbocycles. The van der Waals surface area contributed by atoms with Crippen molar-refractivity contribution in [2.45, 2.75) is 122 Å². The number of aliphatic hydroxyl groups excluding tert-OH is 1. The first-order valence-corrected chi connectivity index (χ1v) is 18.2. The molecule has 19 heteroatoms. The van der Waals surface area contributed by atoms with Crippen molar-refractivity contribution in [1.29, 1.82) is 0 Å². The smallest absolute Gasteiger partial charge is 0.326 e. The number of amides is 7. The van der Waals surface area contributed by atoms with Crippen molar-refractivity contribution in [3.8, 4) is 5.75 Å². The van der Waals surface area contributed by atoms with E-state index < -0.39 is 108 Å². The van der Waals surface area contributed by atoms with Crippen LogP contribution in [0.3, 0.4) is 0 Å². The highest BCUT2D eigenvalue weighted by Gasteiger charge is 2.39. The molecule has 0 unspecified atom stereocenters. The van der Waals surface area contributed by atoms with Crippen LogP contribution in [0.15, 0.2) is 24.3 Å². The molecule has 7 amide bonds. The molecule has 306 valence electrons. The first-order valence-electron chi connectivity index (χ1n) is 18.2. The second kappa shape index (κ2) is 21.0. The van der Waals surface area contributed by atoms with Crippen LogP contribution >= 0.6 is 0 Å². The summed E-state index contributed by atoms with van der Waals surface area (Å²) < 4.78 is 0. The molecular formula is C36H56N8O11. The lowest BCUT2D eigenvalue weighted by Gasteiger charge is -2.29. The maximum atomic E-state index is 13.4. The molecule has 0 spiro atoms. The van der Waals surface area contributed by atoms with Gasteiger partial charge in [0.05, 0.1) is 18.6 Å². The number of phenolic OH excluding ortho intramolecular Hbond substituents is 1. The number of hydrogen-bond donors (Lipinski definition) is 10. The number of aromatic hydroxyl groups is 1. The van der Waals surface area contributed by atoms with E-state index in [0.717, 1.165) is 0 Å². The first kappa shape index (κ1) is 45.9. The minimum Gasteiger partial charge on any atom is -0.508 e. The fourth-order valence-corrected chi connectivity index (χ4v) is 5.96. The molecular weight excluding hydrogens is 720 g/mol. The van der Waals surface area contributed by atoms with Crippen molar-refractivity contribution in [3.05, 3.63) is 29.8 Å². The maximum Gasteiger partial charge on any atom is 0.326 e. The lowest BCUT2D eigenvalue weighted by molar-refractivity contribution is -0.143. The lowest BCUT2D eigenvalue weighted by atomic mass is 10.00. The average molecular weight is 777 g/mol. The number of carbonyl (C=O) groups is 8. The van der Waals surface area contributed by atoms with Gasteiger partial charge in [-0.25, -0.2) is 4.79 Å². The Balaban J connectivity index is 2.13. The molecule has 0 bridgehead atoms. The zero-order valence-electron chi connectivity index (χ0n) is 32.0. The van der Waals surface area contributed by atoms with E-state index in [2.05, 4.69) is 26.6 Å². The van der Waals surface area contributed by atoms with Gasteiger partial charge in [0.1, 0.15) is 42.0 Å². The van der Waals surface area contributed by atoms with Gasteiger partial charge in [-0.3, -0.25) is 33.6 Å². The third-order valence-electron chi connectivity index (χ3n) is 8.97. The number of nitrogens with one attached hydrogen (secondary N) is 5. The van der Waals surface area contributed by atoms with Crippen LogP contribution in [0.2, 0.25) is 0 Å². The van der Waals surface area contributed by atoms with Crippen LogP contribution in [-0.4, -0.2) is 122 Å². The molecule has 2 rings (SSSR count). The second-order valence-corrected chi connectivity index (χ2v) is 14.6. The number of carboxylic acids is 1. The SMILES string of the molecule is CC(C)C[C@H](NC(=O)[C@H](C)NC(=O)[C@@H](NC(=O)[C@H](CC(N)=O)NC(=O)[C@@H]1CCCN1C(=O)[C@@H](N)Cc1ccc(O)cc1)[C@@H](C)O)C(=O)N[C@H](C(=O)O)C(C)C. The van der Waals surface area contributed by atoms with E-state index in [4.69, 9.17) is 11.5 Å². The van der Waals surface area contributed by atoms with Crippen molar-refractivity contribution < 1.29 is 53.7 Å². The highest BCUT2D eigenvalue weighted by molar-refractivity contribution is 5.98. The lowest BCUT2D eigenvalue weighted by Crippen LogP contribution is -2.61. The van der Waals surface area contributed by atoms with Gasteiger partial charge in [0.25, 0.3) is 0 Å².